The van der Waals surface area contributed by atoms with Crippen LogP contribution in [0.5, 0.6) is 5.75 Å². The molecule has 2 heteroatoms. The normalized spacial score (nSPS) is 39.6. The summed E-state index contributed by atoms with van der Waals surface area (Å²) >= 11 is 4.74. The maximum atomic E-state index is 5.44. The van der Waals surface area contributed by atoms with Crippen LogP contribution in [0.2, 0.25) is 0 Å². The fourth-order valence-electron chi connectivity index (χ4n) is 5.51. The number of hydrogen-bond acceptors (Lipinski definition) is 2. The van der Waals surface area contributed by atoms with E-state index in [1.54, 1.807) is 7.11 Å². The molecule has 4 fully saturated rings. The van der Waals surface area contributed by atoms with E-state index in [9.17, 15) is 0 Å². The summed E-state index contributed by atoms with van der Waals surface area (Å²) in [7, 11) is 1.76. The van der Waals surface area contributed by atoms with Crippen LogP contribution in [0.1, 0.15) is 44.1 Å². The van der Waals surface area contributed by atoms with Crippen LogP contribution >= 0.6 is 12.6 Å². The molecule has 5 rings (SSSR count). The fourth-order valence-corrected chi connectivity index (χ4v) is 5.88. The minimum atomic E-state index is 0.417. The van der Waals surface area contributed by atoms with Crippen LogP contribution in [-0.4, -0.2) is 7.11 Å². The average Bonchev–Trinajstić information content (AvgIpc) is 2.37. The van der Waals surface area contributed by atoms with E-state index in [1.165, 1.54) is 49.0 Å². The highest BCUT2D eigenvalue weighted by molar-refractivity contribution is 7.80. The van der Waals surface area contributed by atoms with Crippen LogP contribution < -0.4 is 4.74 Å². The second-order valence-corrected chi connectivity index (χ2v) is 7.56. The molecule has 4 bridgehead atoms. The fraction of sp³-hybridized carbons (Fsp3) is 0.647. The summed E-state index contributed by atoms with van der Waals surface area (Å²) in [4.78, 5) is 1.17. The Bertz CT molecular complexity index is 473. The second-order valence-electron chi connectivity index (χ2n) is 7.08. The smallest absolute Gasteiger partial charge is 0.119 e. The van der Waals surface area contributed by atoms with Gasteiger partial charge < -0.3 is 4.74 Å². The first-order chi connectivity index (χ1) is 9.18. The van der Waals surface area contributed by atoms with Crippen molar-refractivity contribution in [3.8, 4) is 5.75 Å². The number of rotatable bonds is 2. The minimum absolute atomic E-state index is 0.417. The van der Waals surface area contributed by atoms with E-state index in [0.29, 0.717) is 5.41 Å². The summed E-state index contributed by atoms with van der Waals surface area (Å²) in [5.74, 6) is 3.92. The Kier molecular flexibility index (Phi) is 2.67. The monoisotopic (exact) mass is 274 g/mol. The maximum Gasteiger partial charge on any atom is 0.119 e. The third-order valence-corrected chi connectivity index (χ3v) is 6.20. The Hall–Kier alpha value is -0.630. The molecule has 102 valence electrons. The van der Waals surface area contributed by atoms with Crippen molar-refractivity contribution < 1.29 is 4.74 Å². The Morgan fingerprint density at radius 3 is 2.16 bits per heavy atom. The third kappa shape index (κ3) is 1.83. The van der Waals surface area contributed by atoms with Gasteiger partial charge in [0.1, 0.15) is 5.75 Å². The molecule has 1 aromatic carbocycles. The molecule has 0 saturated heterocycles. The van der Waals surface area contributed by atoms with E-state index in [1.807, 2.05) is 6.07 Å². The quantitative estimate of drug-likeness (QED) is 0.784. The molecule has 19 heavy (non-hydrogen) atoms. The van der Waals surface area contributed by atoms with Crippen LogP contribution in [0.4, 0.5) is 0 Å². The molecule has 0 aliphatic heterocycles. The molecule has 1 nitrogen and oxygen atoms in total. The molecule has 0 spiro atoms. The van der Waals surface area contributed by atoms with E-state index >= 15 is 0 Å². The molecule has 0 atom stereocenters. The van der Waals surface area contributed by atoms with Gasteiger partial charge in [-0.2, -0.15) is 0 Å². The van der Waals surface area contributed by atoms with Gasteiger partial charge in [0, 0.05) is 4.90 Å². The van der Waals surface area contributed by atoms with Crippen molar-refractivity contribution in [1.29, 1.82) is 0 Å². The largest absolute Gasteiger partial charge is 0.497 e. The summed E-state index contributed by atoms with van der Waals surface area (Å²) in [5.41, 5.74) is 1.88. The molecule has 1 aromatic rings. The third-order valence-electron chi connectivity index (χ3n) is 5.81. The van der Waals surface area contributed by atoms with E-state index < -0.39 is 0 Å². The number of ether oxygens (including phenoxy) is 1. The topological polar surface area (TPSA) is 9.23 Å². The van der Waals surface area contributed by atoms with E-state index in [4.69, 9.17) is 17.4 Å². The van der Waals surface area contributed by atoms with E-state index in [-0.39, 0.29) is 0 Å². The summed E-state index contributed by atoms with van der Waals surface area (Å²) in [5, 5.41) is 0. The zero-order chi connectivity index (χ0) is 13.0. The molecule has 0 amide bonds. The van der Waals surface area contributed by atoms with Crippen LogP contribution in [0.15, 0.2) is 23.1 Å². The van der Waals surface area contributed by atoms with Crippen LogP contribution in [-0.2, 0) is 5.41 Å². The van der Waals surface area contributed by atoms with Crippen molar-refractivity contribution in [1.82, 2.24) is 0 Å². The highest BCUT2D eigenvalue weighted by Crippen LogP contribution is 2.61. The standard InChI is InChI=1S/C17H22OS/c1-18-14-2-3-16(19)15(7-14)17-8-11-4-12(9-17)6-13(5-11)10-17/h2-3,7,11-13,19H,4-6,8-10H2,1H3. The summed E-state index contributed by atoms with van der Waals surface area (Å²) < 4.78 is 5.44. The lowest BCUT2D eigenvalue weighted by molar-refractivity contribution is -0.00645. The lowest BCUT2D eigenvalue weighted by Gasteiger charge is -2.57. The molecule has 0 heterocycles. The highest BCUT2D eigenvalue weighted by Gasteiger charge is 2.52. The average molecular weight is 274 g/mol. The number of methoxy groups -OCH3 is 1. The lowest BCUT2D eigenvalue weighted by Crippen LogP contribution is -2.48. The Labute approximate surface area is 121 Å². The molecule has 0 unspecified atom stereocenters. The Morgan fingerprint density at radius 1 is 1.05 bits per heavy atom. The molecule has 0 N–H and O–H groups in total. The summed E-state index contributed by atoms with van der Waals surface area (Å²) in [6.07, 6.45) is 8.64. The zero-order valence-electron chi connectivity index (χ0n) is 11.6. The van der Waals surface area contributed by atoms with Crippen LogP contribution in [0.3, 0.4) is 0 Å². The molecule has 4 saturated carbocycles. The summed E-state index contributed by atoms with van der Waals surface area (Å²) in [6.45, 7) is 0. The predicted octanol–water partition coefficient (Wildman–Crippen LogP) is 4.45. The van der Waals surface area contributed by atoms with Gasteiger partial charge in [-0.25, -0.2) is 0 Å². The maximum absolute atomic E-state index is 5.44. The van der Waals surface area contributed by atoms with Crippen molar-refractivity contribution in [2.45, 2.75) is 48.8 Å². The van der Waals surface area contributed by atoms with Gasteiger partial charge in [0.05, 0.1) is 7.11 Å². The predicted molar refractivity (Wildman–Crippen MR) is 80.1 cm³/mol. The van der Waals surface area contributed by atoms with Gasteiger partial charge in [0.15, 0.2) is 0 Å². The molecule has 0 aromatic heterocycles. The molecule has 4 aliphatic rings. The Balaban J connectivity index is 1.79. The first-order valence-electron chi connectivity index (χ1n) is 7.56. The lowest BCUT2D eigenvalue weighted by atomic mass is 9.48. The highest BCUT2D eigenvalue weighted by atomic mass is 32.1. The molecule has 4 aliphatic carbocycles. The van der Waals surface area contributed by atoms with Crippen molar-refractivity contribution in [2.24, 2.45) is 17.8 Å². The van der Waals surface area contributed by atoms with Gasteiger partial charge in [0.2, 0.25) is 0 Å². The van der Waals surface area contributed by atoms with Gasteiger partial charge in [-0.1, -0.05) is 0 Å². The van der Waals surface area contributed by atoms with Crippen molar-refractivity contribution >= 4 is 12.6 Å². The SMILES string of the molecule is COc1ccc(S)c(C23CC4CC(CC(C4)C2)C3)c1. The van der Waals surface area contributed by atoms with Gasteiger partial charge in [-0.15, -0.1) is 12.6 Å². The molecular formula is C17H22OS. The van der Waals surface area contributed by atoms with Gasteiger partial charge in [-0.3, -0.25) is 0 Å². The van der Waals surface area contributed by atoms with Crippen molar-refractivity contribution in [3.05, 3.63) is 23.8 Å². The summed E-state index contributed by atoms with van der Waals surface area (Å²) in [6, 6.07) is 6.41. The van der Waals surface area contributed by atoms with Crippen molar-refractivity contribution in [3.63, 3.8) is 0 Å². The van der Waals surface area contributed by atoms with Crippen molar-refractivity contribution in [2.75, 3.05) is 7.11 Å². The first-order valence-corrected chi connectivity index (χ1v) is 8.01. The van der Waals surface area contributed by atoms with E-state index in [2.05, 4.69) is 12.1 Å². The number of thiol groups is 1. The van der Waals surface area contributed by atoms with Gasteiger partial charge in [-0.05, 0) is 85.5 Å². The Morgan fingerprint density at radius 2 is 1.63 bits per heavy atom. The van der Waals surface area contributed by atoms with Crippen LogP contribution in [0.25, 0.3) is 0 Å². The van der Waals surface area contributed by atoms with Gasteiger partial charge in [0.25, 0.3) is 0 Å². The second kappa shape index (κ2) is 4.18. The number of benzene rings is 1. The van der Waals surface area contributed by atoms with Crippen LogP contribution in [0, 0.1) is 17.8 Å². The minimum Gasteiger partial charge on any atom is -0.497 e. The first kappa shape index (κ1) is 12.1. The number of hydrogen-bond donors (Lipinski definition) is 1. The molecule has 0 radical (unpaired) electrons. The molecular weight excluding hydrogens is 252 g/mol. The van der Waals surface area contributed by atoms with E-state index in [0.717, 1.165) is 23.5 Å². The van der Waals surface area contributed by atoms with Gasteiger partial charge >= 0.3 is 0 Å². The zero-order valence-corrected chi connectivity index (χ0v) is 12.5.